The van der Waals surface area contributed by atoms with Gasteiger partial charge in [0.05, 0.1) is 7.11 Å². The standard InChI is InChI=1S/C11H11FO2/c1-8-5-9(7-10(12)6-8)3-4-11(13)14-2/h3-7H,1-2H3/b4-3+. The fourth-order valence-corrected chi connectivity index (χ4v) is 1.09. The van der Waals surface area contributed by atoms with Gasteiger partial charge in [-0.05, 0) is 36.3 Å². The second kappa shape index (κ2) is 4.56. The number of hydrogen-bond donors (Lipinski definition) is 0. The van der Waals surface area contributed by atoms with Crippen LogP contribution in [0.4, 0.5) is 4.39 Å². The molecule has 0 N–H and O–H groups in total. The van der Waals surface area contributed by atoms with E-state index >= 15 is 0 Å². The largest absolute Gasteiger partial charge is 0.466 e. The van der Waals surface area contributed by atoms with Crippen LogP contribution < -0.4 is 0 Å². The van der Waals surface area contributed by atoms with E-state index in [0.29, 0.717) is 5.56 Å². The van der Waals surface area contributed by atoms with Crippen molar-refractivity contribution in [2.75, 3.05) is 7.11 Å². The smallest absolute Gasteiger partial charge is 0.330 e. The summed E-state index contributed by atoms with van der Waals surface area (Å²) < 4.78 is 17.3. The summed E-state index contributed by atoms with van der Waals surface area (Å²) in [6, 6.07) is 4.56. The van der Waals surface area contributed by atoms with Gasteiger partial charge in [-0.2, -0.15) is 0 Å². The van der Waals surface area contributed by atoms with Crippen LogP contribution in [-0.2, 0) is 9.53 Å². The van der Waals surface area contributed by atoms with E-state index in [4.69, 9.17) is 0 Å². The van der Waals surface area contributed by atoms with E-state index < -0.39 is 5.97 Å². The lowest BCUT2D eigenvalue weighted by atomic mass is 10.1. The van der Waals surface area contributed by atoms with Crippen LogP contribution in [0.5, 0.6) is 0 Å². The van der Waals surface area contributed by atoms with Crippen molar-refractivity contribution in [3.05, 3.63) is 41.2 Å². The molecule has 0 heterocycles. The van der Waals surface area contributed by atoms with Gasteiger partial charge < -0.3 is 4.74 Å². The summed E-state index contributed by atoms with van der Waals surface area (Å²) in [6.07, 6.45) is 2.77. The van der Waals surface area contributed by atoms with Gasteiger partial charge in [-0.25, -0.2) is 9.18 Å². The summed E-state index contributed by atoms with van der Waals surface area (Å²) in [5.41, 5.74) is 1.46. The van der Waals surface area contributed by atoms with Crippen molar-refractivity contribution in [2.45, 2.75) is 6.92 Å². The summed E-state index contributed by atoms with van der Waals surface area (Å²) in [4.78, 5) is 10.8. The van der Waals surface area contributed by atoms with Crippen LogP contribution in [0.1, 0.15) is 11.1 Å². The minimum atomic E-state index is -0.452. The highest BCUT2D eigenvalue weighted by molar-refractivity contribution is 5.86. The molecule has 0 atom stereocenters. The number of hydrogen-bond acceptors (Lipinski definition) is 2. The average molecular weight is 194 g/mol. The molecule has 2 nitrogen and oxygen atoms in total. The van der Waals surface area contributed by atoms with Crippen molar-refractivity contribution in [2.24, 2.45) is 0 Å². The van der Waals surface area contributed by atoms with E-state index in [9.17, 15) is 9.18 Å². The van der Waals surface area contributed by atoms with Crippen molar-refractivity contribution < 1.29 is 13.9 Å². The van der Waals surface area contributed by atoms with Crippen LogP contribution in [0.15, 0.2) is 24.3 Å². The van der Waals surface area contributed by atoms with Crippen molar-refractivity contribution in [3.63, 3.8) is 0 Å². The molecule has 0 aromatic heterocycles. The zero-order chi connectivity index (χ0) is 10.6. The summed E-state index contributed by atoms with van der Waals surface area (Å²) in [7, 11) is 1.30. The van der Waals surface area contributed by atoms with E-state index in [1.54, 1.807) is 13.0 Å². The molecule has 0 fully saturated rings. The highest BCUT2D eigenvalue weighted by Gasteiger charge is 1.96. The number of rotatable bonds is 2. The Labute approximate surface area is 82.0 Å². The fraction of sp³-hybridized carbons (Fsp3) is 0.182. The third-order valence-electron chi connectivity index (χ3n) is 1.68. The number of halogens is 1. The van der Waals surface area contributed by atoms with Crippen molar-refractivity contribution in [1.29, 1.82) is 0 Å². The molecule has 0 unspecified atom stereocenters. The molecule has 14 heavy (non-hydrogen) atoms. The lowest BCUT2D eigenvalue weighted by Gasteiger charge is -1.97. The average Bonchev–Trinajstić information content (AvgIpc) is 2.12. The molecule has 0 saturated heterocycles. The van der Waals surface area contributed by atoms with Gasteiger partial charge in [0.15, 0.2) is 0 Å². The van der Waals surface area contributed by atoms with E-state index in [1.165, 1.54) is 31.4 Å². The Hall–Kier alpha value is -1.64. The number of esters is 1. The highest BCUT2D eigenvalue weighted by atomic mass is 19.1. The van der Waals surface area contributed by atoms with Gasteiger partial charge >= 0.3 is 5.97 Å². The van der Waals surface area contributed by atoms with Crippen molar-refractivity contribution in [1.82, 2.24) is 0 Å². The monoisotopic (exact) mass is 194 g/mol. The summed E-state index contributed by atoms with van der Waals surface area (Å²) >= 11 is 0. The SMILES string of the molecule is COC(=O)/C=C/c1cc(C)cc(F)c1. The van der Waals surface area contributed by atoms with Gasteiger partial charge in [-0.15, -0.1) is 0 Å². The summed E-state index contributed by atoms with van der Waals surface area (Å²) in [5.74, 6) is -0.763. The molecule has 1 rings (SSSR count). The van der Waals surface area contributed by atoms with Crippen molar-refractivity contribution >= 4 is 12.0 Å². The number of carbonyl (C=O) groups is 1. The van der Waals surface area contributed by atoms with Crippen LogP contribution in [0.2, 0.25) is 0 Å². The molecule has 0 aliphatic heterocycles. The Balaban J connectivity index is 2.86. The minimum absolute atomic E-state index is 0.311. The second-order valence-electron chi connectivity index (χ2n) is 2.92. The van der Waals surface area contributed by atoms with Crippen LogP contribution in [0, 0.1) is 12.7 Å². The topological polar surface area (TPSA) is 26.3 Å². The molecule has 74 valence electrons. The first-order valence-corrected chi connectivity index (χ1v) is 4.15. The number of aryl methyl sites for hydroxylation is 1. The Morgan fingerprint density at radius 3 is 2.71 bits per heavy atom. The van der Waals surface area contributed by atoms with E-state index in [-0.39, 0.29) is 5.82 Å². The van der Waals surface area contributed by atoms with E-state index in [1.807, 2.05) is 0 Å². The van der Waals surface area contributed by atoms with Gasteiger partial charge in [0.2, 0.25) is 0 Å². The Bertz CT molecular complexity index is 349. The molecule has 0 amide bonds. The molecular formula is C11H11FO2. The Kier molecular flexibility index (Phi) is 3.40. The van der Waals surface area contributed by atoms with Crippen molar-refractivity contribution in [3.8, 4) is 0 Å². The van der Waals surface area contributed by atoms with Crippen LogP contribution in [0.25, 0.3) is 6.08 Å². The van der Waals surface area contributed by atoms with Crippen LogP contribution in [-0.4, -0.2) is 13.1 Å². The molecule has 1 aromatic rings. The predicted octanol–water partition coefficient (Wildman–Crippen LogP) is 2.32. The molecule has 0 bridgehead atoms. The molecule has 0 spiro atoms. The first-order valence-electron chi connectivity index (χ1n) is 4.15. The zero-order valence-corrected chi connectivity index (χ0v) is 8.08. The lowest BCUT2D eigenvalue weighted by molar-refractivity contribution is -0.134. The molecule has 0 aliphatic rings. The zero-order valence-electron chi connectivity index (χ0n) is 8.08. The van der Waals surface area contributed by atoms with E-state index in [2.05, 4.69) is 4.74 Å². The molecule has 0 radical (unpaired) electrons. The Morgan fingerprint density at radius 2 is 2.14 bits per heavy atom. The quantitative estimate of drug-likeness (QED) is 0.533. The van der Waals surface area contributed by atoms with Crippen LogP contribution >= 0.6 is 0 Å². The molecule has 0 aliphatic carbocycles. The maximum atomic E-state index is 12.9. The first-order chi connectivity index (χ1) is 6.61. The third-order valence-corrected chi connectivity index (χ3v) is 1.68. The lowest BCUT2D eigenvalue weighted by Crippen LogP contribution is -1.93. The first kappa shape index (κ1) is 10.4. The molecule has 0 saturated carbocycles. The van der Waals surface area contributed by atoms with Gasteiger partial charge in [-0.3, -0.25) is 0 Å². The predicted molar refractivity (Wildman–Crippen MR) is 52.2 cm³/mol. The van der Waals surface area contributed by atoms with Gasteiger partial charge in [-0.1, -0.05) is 6.07 Å². The van der Waals surface area contributed by atoms with E-state index in [0.717, 1.165) is 5.56 Å². The number of carbonyl (C=O) groups excluding carboxylic acids is 1. The summed E-state index contributed by atoms with van der Waals surface area (Å²) in [6.45, 7) is 1.79. The number of methoxy groups -OCH3 is 1. The minimum Gasteiger partial charge on any atom is -0.466 e. The normalized spacial score (nSPS) is 10.5. The summed E-state index contributed by atoms with van der Waals surface area (Å²) in [5, 5.41) is 0. The molecule has 1 aromatic carbocycles. The third kappa shape index (κ3) is 3.01. The van der Waals surface area contributed by atoms with Gasteiger partial charge in [0.1, 0.15) is 5.82 Å². The molecular weight excluding hydrogens is 183 g/mol. The maximum Gasteiger partial charge on any atom is 0.330 e. The number of ether oxygens (including phenoxy) is 1. The van der Waals surface area contributed by atoms with Crippen LogP contribution in [0.3, 0.4) is 0 Å². The van der Waals surface area contributed by atoms with Gasteiger partial charge in [0, 0.05) is 6.08 Å². The molecule has 3 heteroatoms. The highest BCUT2D eigenvalue weighted by Crippen LogP contribution is 2.09. The second-order valence-corrected chi connectivity index (χ2v) is 2.92. The maximum absolute atomic E-state index is 12.9. The Morgan fingerprint density at radius 1 is 1.43 bits per heavy atom. The number of benzene rings is 1. The fourth-order valence-electron chi connectivity index (χ4n) is 1.09. The van der Waals surface area contributed by atoms with Gasteiger partial charge in [0.25, 0.3) is 0 Å².